The Hall–Kier alpha value is -2.62. The summed E-state index contributed by atoms with van der Waals surface area (Å²) in [5.74, 6) is -0.00309. The normalized spacial score (nSPS) is 15.1. The number of halogens is 3. The van der Waals surface area contributed by atoms with Crippen molar-refractivity contribution in [1.29, 1.82) is 0 Å². The van der Waals surface area contributed by atoms with Gasteiger partial charge in [-0.15, -0.1) is 0 Å². The van der Waals surface area contributed by atoms with E-state index < -0.39 is 11.1 Å². The topological polar surface area (TPSA) is 61.4 Å². The van der Waals surface area contributed by atoms with Crippen LogP contribution in [0.5, 0.6) is 0 Å². The van der Waals surface area contributed by atoms with Crippen LogP contribution in [0.2, 0.25) is 5.02 Å². The van der Waals surface area contributed by atoms with Crippen LogP contribution < -0.4 is 10.2 Å². The molecule has 2 aromatic carbocycles. The molecule has 3 aromatic rings. The highest BCUT2D eigenvalue weighted by molar-refractivity contribution is 7.24. The lowest BCUT2D eigenvalue weighted by Gasteiger charge is -2.32. The Morgan fingerprint density at radius 1 is 1.06 bits per heavy atom. The van der Waals surface area contributed by atoms with Crippen LogP contribution in [0, 0.1) is 5.82 Å². The third-order valence-electron chi connectivity index (χ3n) is 5.30. The predicted molar refractivity (Wildman–Crippen MR) is 123 cm³/mol. The van der Waals surface area contributed by atoms with Crippen LogP contribution in [0.3, 0.4) is 0 Å². The van der Waals surface area contributed by atoms with Gasteiger partial charge in [0.15, 0.2) is 5.82 Å². The first kappa shape index (κ1) is 22.6. The van der Waals surface area contributed by atoms with E-state index in [4.69, 9.17) is 11.6 Å². The molecule has 1 fully saturated rings. The molecular weight excluding hydrogens is 456 g/mol. The monoisotopic (exact) mass is 478 g/mol. The molecule has 1 N–H and O–H groups in total. The molecular formula is C22H23ClF2N5OS+. The maximum atomic E-state index is 14.5. The van der Waals surface area contributed by atoms with Gasteiger partial charge in [-0.3, -0.25) is 9.69 Å². The molecule has 1 amide bonds. The van der Waals surface area contributed by atoms with E-state index in [1.807, 2.05) is 4.90 Å². The Balaban J connectivity index is 1.24. The van der Waals surface area contributed by atoms with Crippen molar-refractivity contribution in [1.82, 2.24) is 19.6 Å². The zero-order valence-corrected chi connectivity index (χ0v) is 18.9. The molecule has 2 heterocycles. The predicted octanol–water partition coefficient (Wildman–Crippen LogP) is 3.89. The van der Waals surface area contributed by atoms with Crippen molar-refractivity contribution in [2.45, 2.75) is 6.42 Å². The van der Waals surface area contributed by atoms with Crippen molar-refractivity contribution < 1.29 is 13.1 Å². The zero-order valence-electron chi connectivity index (χ0n) is 17.3. The fourth-order valence-electron chi connectivity index (χ4n) is 3.53. The van der Waals surface area contributed by atoms with Crippen LogP contribution >= 0.6 is 22.7 Å². The van der Waals surface area contributed by atoms with Crippen molar-refractivity contribution in [3.8, 4) is 0 Å². The van der Waals surface area contributed by atoms with Gasteiger partial charge in [0.05, 0.1) is 3.89 Å². The van der Waals surface area contributed by atoms with Crippen LogP contribution in [0.4, 0.5) is 13.4 Å². The van der Waals surface area contributed by atoms with E-state index in [1.165, 1.54) is 12.1 Å². The SMILES string of the molecule is O=C(NCCN1CCN(c2nc(Cc3ccc(F)cc3)n[s+]2F)CC1)c1ccc(Cl)cc1. The Labute approximate surface area is 193 Å². The second-order valence-electron chi connectivity index (χ2n) is 7.53. The molecule has 0 bridgehead atoms. The Morgan fingerprint density at radius 2 is 1.75 bits per heavy atom. The van der Waals surface area contributed by atoms with Crippen LogP contribution in [-0.2, 0) is 6.42 Å². The second-order valence-corrected chi connectivity index (χ2v) is 8.99. The highest BCUT2D eigenvalue weighted by Gasteiger charge is 2.31. The molecule has 1 aromatic heterocycles. The second kappa shape index (κ2) is 10.3. The van der Waals surface area contributed by atoms with E-state index in [1.54, 1.807) is 36.4 Å². The molecule has 1 aliphatic heterocycles. The highest BCUT2D eigenvalue weighted by atomic mass is 35.5. The van der Waals surface area contributed by atoms with Gasteiger partial charge < -0.3 is 10.2 Å². The molecule has 0 aliphatic carbocycles. The number of nitrogens with zero attached hydrogens (tertiary/aromatic N) is 4. The van der Waals surface area contributed by atoms with Crippen molar-refractivity contribution in [2.75, 3.05) is 44.2 Å². The molecule has 1 aliphatic rings. The molecule has 32 heavy (non-hydrogen) atoms. The first-order chi connectivity index (χ1) is 15.5. The Kier molecular flexibility index (Phi) is 7.29. The minimum absolute atomic E-state index is 0.132. The Morgan fingerprint density at radius 3 is 2.44 bits per heavy atom. The summed E-state index contributed by atoms with van der Waals surface area (Å²) in [5.41, 5.74) is 1.42. The number of anilines is 1. The molecule has 168 valence electrons. The number of amides is 1. The van der Waals surface area contributed by atoms with Gasteiger partial charge in [0.25, 0.3) is 5.91 Å². The first-order valence-corrected chi connectivity index (χ1v) is 11.8. The molecule has 0 spiro atoms. The van der Waals surface area contributed by atoms with Gasteiger partial charge in [0.2, 0.25) is 0 Å². The van der Waals surface area contributed by atoms with Gasteiger partial charge in [-0.1, -0.05) is 23.7 Å². The summed E-state index contributed by atoms with van der Waals surface area (Å²) in [7, 11) is 0. The lowest BCUT2D eigenvalue weighted by atomic mass is 10.1. The minimum atomic E-state index is -1.76. The number of hydrogen-bond acceptors (Lipinski definition) is 5. The maximum absolute atomic E-state index is 14.5. The molecule has 0 radical (unpaired) electrons. The van der Waals surface area contributed by atoms with Crippen LogP contribution in [0.15, 0.2) is 48.5 Å². The van der Waals surface area contributed by atoms with E-state index in [0.717, 1.165) is 18.7 Å². The summed E-state index contributed by atoms with van der Waals surface area (Å²) < 4.78 is 31.6. The summed E-state index contributed by atoms with van der Waals surface area (Å²) in [4.78, 5) is 20.7. The van der Waals surface area contributed by atoms with Crippen molar-refractivity contribution in [3.05, 3.63) is 76.3 Å². The number of carbonyl (C=O) groups is 1. The number of benzene rings is 2. The van der Waals surface area contributed by atoms with Crippen molar-refractivity contribution in [2.24, 2.45) is 0 Å². The molecule has 1 atom stereocenters. The highest BCUT2D eigenvalue weighted by Crippen LogP contribution is 2.31. The summed E-state index contributed by atoms with van der Waals surface area (Å²) in [6, 6.07) is 12.8. The van der Waals surface area contributed by atoms with E-state index >= 15 is 0 Å². The summed E-state index contributed by atoms with van der Waals surface area (Å²) in [6.07, 6.45) is 0.379. The van der Waals surface area contributed by atoms with Gasteiger partial charge in [-0.2, -0.15) is 4.98 Å². The van der Waals surface area contributed by atoms with E-state index in [0.29, 0.717) is 54.1 Å². The molecule has 1 saturated heterocycles. The third kappa shape index (κ3) is 5.79. The number of rotatable bonds is 7. The van der Waals surface area contributed by atoms with E-state index in [-0.39, 0.29) is 11.7 Å². The smallest absolute Gasteiger partial charge is 0.351 e. The summed E-state index contributed by atoms with van der Waals surface area (Å²) in [6.45, 7) is 4.04. The third-order valence-corrected chi connectivity index (χ3v) is 6.57. The Bertz CT molecular complexity index is 1050. The average molecular weight is 479 g/mol. The number of nitrogens with one attached hydrogen (secondary N) is 1. The lowest BCUT2D eigenvalue weighted by Crippen LogP contribution is -2.48. The number of piperazine rings is 1. The largest absolute Gasteiger partial charge is 0.414 e. The van der Waals surface area contributed by atoms with Gasteiger partial charge in [-0.05, 0) is 42.0 Å². The van der Waals surface area contributed by atoms with E-state index in [9.17, 15) is 13.1 Å². The summed E-state index contributed by atoms with van der Waals surface area (Å²) in [5, 5.41) is 3.88. The van der Waals surface area contributed by atoms with E-state index in [2.05, 4.69) is 19.6 Å². The zero-order chi connectivity index (χ0) is 22.5. The lowest BCUT2D eigenvalue weighted by molar-refractivity contribution is 0.0948. The maximum Gasteiger partial charge on any atom is 0.414 e. The first-order valence-electron chi connectivity index (χ1n) is 10.3. The fourth-order valence-corrected chi connectivity index (χ4v) is 4.60. The van der Waals surface area contributed by atoms with Gasteiger partial charge in [0.1, 0.15) is 5.82 Å². The van der Waals surface area contributed by atoms with Gasteiger partial charge in [-0.25, -0.2) is 4.39 Å². The molecule has 0 saturated carbocycles. The van der Waals surface area contributed by atoms with Crippen LogP contribution in [0.1, 0.15) is 21.7 Å². The molecule has 10 heteroatoms. The molecule has 1 unspecified atom stereocenters. The van der Waals surface area contributed by atoms with Gasteiger partial charge >= 0.3 is 16.2 Å². The quantitative estimate of drug-likeness (QED) is 0.522. The standard InChI is InChI=1S/C22H22ClF2N5OS/c23-18-5-3-17(4-6-18)21(31)26-9-10-29-11-13-30(14-12-29)22-27-20(28-32(22)25)15-16-1-7-19(24)8-2-16/h1-8H,9-15H2/p+1. The number of aromatic nitrogens is 2. The van der Waals surface area contributed by atoms with Crippen LogP contribution in [-0.4, -0.2) is 59.4 Å². The molecule has 4 rings (SSSR count). The fraction of sp³-hybridized carbons (Fsp3) is 0.318. The minimum Gasteiger partial charge on any atom is -0.351 e. The molecule has 6 nitrogen and oxygen atoms in total. The number of hydrogen-bond donors (Lipinski definition) is 1. The van der Waals surface area contributed by atoms with Crippen LogP contribution in [0.25, 0.3) is 0 Å². The number of carbonyl (C=O) groups excluding carboxylic acids is 1. The van der Waals surface area contributed by atoms with Crippen molar-refractivity contribution >= 4 is 33.7 Å². The van der Waals surface area contributed by atoms with Crippen molar-refractivity contribution in [3.63, 3.8) is 0 Å². The van der Waals surface area contributed by atoms with Gasteiger partial charge in [0, 0.05) is 60.6 Å². The summed E-state index contributed by atoms with van der Waals surface area (Å²) >= 11 is 4.09. The average Bonchev–Trinajstić information content (AvgIpc) is 3.16.